The van der Waals surface area contributed by atoms with Gasteiger partial charge in [0.05, 0.1) is 17.9 Å². The number of carbonyl (C=O) groups excluding carboxylic acids is 1. The molecule has 0 aliphatic carbocycles. The third kappa shape index (κ3) is 4.23. The molecule has 0 spiro atoms. The molecule has 0 aliphatic heterocycles. The van der Waals surface area contributed by atoms with Crippen molar-refractivity contribution in [1.82, 2.24) is 14.9 Å². The summed E-state index contributed by atoms with van der Waals surface area (Å²) < 4.78 is 0. The number of amides is 1. The van der Waals surface area contributed by atoms with E-state index in [1.54, 1.807) is 11.8 Å². The normalized spacial score (nSPS) is 10.8. The molecular formula is C17H19N3O2. The van der Waals surface area contributed by atoms with Crippen LogP contribution in [0.4, 0.5) is 0 Å². The zero-order valence-corrected chi connectivity index (χ0v) is 12.5. The van der Waals surface area contributed by atoms with Crippen molar-refractivity contribution in [3.63, 3.8) is 0 Å². The van der Waals surface area contributed by atoms with E-state index < -0.39 is 0 Å². The molecule has 0 fully saturated rings. The summed E-state index contributed by atoms with van der Waals surface area (Å²) in [6.07, 6.45) is 6.78. The first kappa shape index (κ1) is 15.9. The maximum Gasteiger partial charge on any atom is 0.257 e. The largest absolute Gasteiger partial charge is 0.395 e. The van der Waals surface area contributed by atoms with Crippen molar-refractivity contribution in [1.29, 1.82) is 0 Å². The van der Waals surface area contributed by atoms with Crippen LogP contribution in [0.25, 0.3) is 6.08 Å². The first-order valence-electron chi connectivity index (χ1n) is 7.10. The van der Waals surface area contributed by atoms with Crippen LogP contribution in [0.2, 0.25) is 0 Å². The lowest BCUT2D eigenvalue weighted by Gasteiger charge is -2.20. The molecule has 2 aromatic rings. The van der Waals surface area contributed by atoms with E-state index in [1.807, 2.05) is 42.5 Å². The molecule has 22 heavy (non-hydrogen) atoms. The van der Waals surface area contributed by atoms with E-state index in [9.17, 15) is 4.79 Å². The fourth-order valence-corrected chi connectivity index (χ4v) is 2.05. The summed E-state index contributed by atoms with van der Waals surface area (Å²) in [5.41, 5.74) is 2.16. The van der Waals surface area contributed by atoms with Gasteiger partial charge in [-0.15, -0.1) is 0 Å². The maximum atomic E-state index is 12.5. The molecule has 0 radical (unpaired) electrons. The fourth-order valence-electron chi connectivity index (χ4n) is 2.05. The molecule has 2 rings (SSSR count). The van der Waals surface area contributed by atoms with Crippen molar-refractivity contribution in [2.45, 2.75) is 6.92 Å². The van der Waals surface area contributed by atoms with Crippen LogP contribution >= 0.6 is 0 Å². The minimum Gasteiger partial charge on any atom is -0.395 e. The van der Waals surface area contributed by atoms with Crippen LogP contribution in [0.3, 0.4) is 0 Å². The van der Waals surface area contributed by atoms with Crippen LogP contribution in [0.15, 0.2) is 48.9 Å². The summed E-state index contributed by atoms with van der Waals surface area (Å²) in [5, 5.41) is 9.17. The lowest BCUT2D eigenvalue weighted by atomic mass is 10.2. The molecule has 0 saturated heterocycles. The minimum absolute atomic E-state index is 0.0857. The van der Waals surface area contributed by atoms with E-state index in [0.29, 0.717) is 17.8 Å². The first-order chi connectivity index (χ1) is 10.7. The monoisotopic (exact) mass is 297 g/mol. The molecule has 1 amide bonds. The molecule has 0 bridgehead atoms. The van der Waals surface area contributed by atoms with Gasteiger partial charge in [0.15, 0.2) is 0 Å². The van der Waals surface area contributed by atoms with Gasteiger partial charge in [0.25, 0.3) is 5.91 Å². The third-order valence-electron chi connectivity index (χ3n) is 3.23. The van der Waals surface area contributed by atoms with E-state index in [4.69, 9.17) is 5.11 Å². The van der Waals surface area contributed by atoms with Crippen LogP contribution in [0.1, 0.15) is 21.6 Å². The minimum atomic E-state index is -0.176. The topological polar surface area (TPSA) is 66.3 Å². The summed E-state index contributed by atoms with van der Waals surface area (Å²) in [4.78, 5) is 22.0. The van der Waals surface area contributed by atoms with Gasteiger partial charge < -0.3 is 10.0 Å². The Morgan fingerprint density at radius 3 is 2.77 bits per heavy atom. The summed E-state index contributed by atoms with van der Waals surface area (Å²) in [7, 11) is 0. The van der Waals surface area contributed by atoms with Crippen molar-refractivity contribution < 1.29 is 9.90 Å². The van der Waals surface area contributed by atoms with Crippen molar-refractivity contribution in [3.05, 3.63) is 65.8 Å². The van der Waals surface area contributed by atoms with Gasteiger partial charge in [0.2, 0.25) is 0 Å². The summed E-state index contributed by atoms with van der Waals surface area (Å²) in [6, 6.07) is 9.85. The van der Waals surface area contributed by atoms with Crippen molar-refractivity contribution >= 4 is 12.0 Å². The van der Waals surface area contributed by atoms with Crippen LogP contribution in [-0.2, 0) is 0 Å². The van der Waals surface area contributed by atoms with Crippen LogP contribution in [-0.4, -0.2) is 45.6 Å². The first-order valence-corrected chi connectivity index (χ1v) is 7.10. The second-order valence-corrected chi connectivity index (χ2v) is 4.81. The van der Waals surface area contributed by atoms with Crippen molar-refractivity contribution in [2.75, 3.05) is 19.7 Å². The Kier molecular flexibility index (Phi) is 5.80. The highest BCUT2D eigenvalue weighted by molar-refractivity contribution is 5.95. The SMILES string of the molecule is Cc1ncncc1C(=O)N(CC=Cc1ccccc1)CCO. The van der Waals surface area contributed by atoms with E-state index in [0.717, 1.165) is 5.56 Å². The maximum absolute atomic E-state index is 12.5. The van der Waals surface area contributed by atoms with Crippen molar-refractivity contribution in [2.24, 2.45) is 0 Å². The Labute approximate surface area is 130 Å². The number of carbonyl (C=O) groups is 1. The summed E-state index contributed by atoms with van der Waals surface area (Å²) in [6.45, 7) is 2.37. The number of hydrogen-bond acceptors (Lipinski definition) is 4. The van der Waals surface area contributed by atoms with Gasteiger partial charge in [0, 0.05) is 19.3 Å². The third-order valence-corrected chi connectivity index (χ3v) is 3.23. The molecule has 5 nitrogen and oxygen atoms in total. The zero-order valence-electron chi connectivity index (χ0n) is 12.5. The van der Waals surface area contributed by atoms with Crippen LogP contribution in [0, 0.1) is 6.92 Å². The molecular weight excluding hydrogens is 278 g/mol. The number of aromatic nitrogens is 2. The predicted octanol–water partition coefficient (Wildman–Crippen LogP) is 1.93. The predicted molar refractivity (Wildman–Crippen MR) is 85.2 cm³/mol. The summed E-state index contributed by atoms with van der Waals surface area (Å²) >= 11 is 0. The highest BCUT2D eigenvalue weighted by Gasteiger charge is 2.16. The van der Waals surface area contributed by atoms with Crippen molar-refractivity contribution in [3.8, 4) is 0 Å². The van der Waals surface area contributed by atoms with E-state index in [2.05, 4.69) is 9.97 Å². The smallest absolute Gasteiger partial charge is 0.257 e. The van der Waals surface area contributed by atoms with E-state index in [1.165, 1.54) is 12.5 Å². The Balaban J connectivity index is 2.08. The average molecular weight is 297 g/mol. The zero-order chi connectivity index (χ0) is 15.8. The number of aliphatic hydroxyl groups is 1. The van der Waals surface area contributed by atoms with Crippen LogP contribution < -0.4 is 0 Å². The Hall–Kier alpha value is -2.53. The number of aliphatic hydroxyl groups excluding tert-OH is 1. The van der Waals surface area contributed by atoms with Gasteiger partial charge in [0.1, 0.15) is 6.33 Å². The van der Waals surface area contributed by atoms with Gasteiger partial charge in [-0.25, -0.2) is 9.97 Å². The highest BCUT2D eigenvalue weighted by Crippen LogP contribution is 2.08. The Morgan fingerprint density at radius 2 is 2.09 bits per heavy atom. The van der Waals surface area contributed by atoms with Gasteiger partial charge in [-0.3, -0.25) is 4.79 Å². The second kappa shape index (κ2) is 8.05. The number of rotatable bonds is 6. The quantitative estimate of drug-likeness (QED) is 0.885. The second-order valence-electron chi connectivity index (χ2n) is 4.81. The average Bonchev–Trinajstić information content (AvgIpc) is 2.55. The Morgan fingerprint density at radius 1 is 1.32 bits per heavy atom. The fraction of sp³-hybridized carbons (Fsp3) is 0.235. The van der Waals surface area contributed by atoms with E-state index in [-0.39, 0.29) is 19.1 Å². The van der Waals surface area contributed by atoms with Gasteiger partial charge in [-0.2, -0.15) is 0 Å². The number of aryl methyl sites for hydroxylation is 1. The van der Waals surface area contributed by atoms with Gasteiger partial charge >= 0.3 is 0 Å². The lowest BCUT2D eigenvalue weighted by Crippen LogP contribution is -2.34. The van der Waals surface area contributed by atoms with E-state index >= 15 is 0 Å². The number of benzene rings is 1. The molecule has 5 heteroatoms. The standard InChI is InChI=1S/C17H19N3O2/c1-14-16(12-18-13-19-14)17(22)20(10-11-21)9-5-8-15-6-3-2-4-7-15/h2-8,12-13,21H,9-11H2,1H3. The number of hydrogen-bond donors (Lipinski definition) is 1. The molecule has 0 saturated carbocycles. The molecule has 0 aliphatic rings. The number of nitrogens with zero attached hydrogens (tertiary/aromatic N) is 3. The molecule has 0 unspecified atom stereocenters. The molecule has 0 atom stereocenters. The van der Waals surface area contributed by atoms with Gasteiger partial charge in [-0.1, -0.05) is 42.5 Å². The molecule has 1 aromatic heterocycles. The highest BCUT2D eigenvalue weighted by atomic mass is 16.3. The molecule has 1 aromatic carbocycles. The molecule has 1 N–H and O–H groups in total. The van der Waals surface area contributed by atoms with Crippen LogP contribution in [0.5, 0.6) is 0 Å². The molecule has 114 valence electrons. The van der Waals surface area contributed by atoms with Gasteiger partial charge in [-0.05, 0) is 12.5 Å². The Bertz CT molecular complexity index is 641. The summed E-state index contributed by atoms with van der Waals surface area (Å²) in [5.74, 6) is -0.176. The molecule has 1 heterocycles. The lowest BCUT2D eigenvalue weighted by molar-refractivity contribution is 0.0741.